The molecular formula is C12H20N4S. The molecule has 2 heterocycles. The summed E-state index contributed by atoms with van der Waals surface area (Å²) in [6.45, 7) is 5.32. The molecule has 17 heavy (non-hydrogen) atoms. The van der Waals surface area contributed by atoms with Crippen LogP contribution in [0.2, 0.25) is 0 Å². The van der Waals surface area contributed by atoms with Gasteiger partial charge in [0.2, 0.25) is 0 Å². The maximum absolute atomic E-state index is 4.38. The quantitative estimate of drug-likeness (QED) is 0.890. The Morgan fingerprint density at radius 2 is 2.29 bits per heavy atom. The molecule has 4 nitrogen and oxygen atoms in total. The van der Waals surface area contributed by atoms with E-state index in [2.05, 4.69) is 33.2 Å². The van der Waals surface area contributed by atoms with E-state index in [0.29, 0.717) is 0 Å². The molecule has 0 atom stereocenters. The van der Waals surface area contributed by atoms with Crippen LogP contribution in [0.3, 0.4) is 0 Å². The summed E-state index contributed by atoms with van der Waals surface area (Å²) in [5.74, 6) is 4.46. The molecule has 1 N–H and O–H groups in total. The maximum Gasteiger partial charge on any atom is 0.134 e. The van der Waals surface area contributed by atoms with E-state index in [-0.39, 0.29) is 0 Å². The highest BCUT2D eigenvalue weighted by molar-refractivity contribution is 7.99. The van der Waals surface area contributed by atoms with Crippen molar-refractivity contribution in [3.63, 3.8) is 0 Å². The summed E-state index contributed by atoms with van der Waals surface area (Å²) in [6, 6.07) is 2.06. The van der Waals surface area contributed by atoms with Crippen molar-refractivity contribution in [2.24, 2.45) is 0 Å². The highest BCUT2D eigenvalue weighted by atomic mass is 32.2. The fraction of sp³-hybridized carbons (Fsp3) is 0.667. The molecule has 1 aliphatic heterocycles. The molecule has 0 radical (unpaired) electrons. The zero-order valence-electron chi connectivity index (χ0n) is 10.4. The van der Waals surface area contributed by atoms with Crippen LogP contribution in [-0.2, 0) is 0 Å². The molecule has 0 aliphatic carbocycles. The van der Waals surface area contributed by atoms with Gasteiger partial charge in [-0.05, 0) is 18.6 Å². The lowest BCUT2D eigenvalue weighted by molar-refractivity contribution is 0.798. The van der Waals surface area contributed by atoms with Gasteiger partial charge in [-0.1, -0.05) is 6.92 Å². The summed E-state index contributed by atoms with van der Waals surface area (Å²) in [7, 11) is 0. The average Bonchev–Trinajstić information content (AvgIpc) is 2.65. The Morgan fingerprint density at radius 3 is 3.18 bits per heavy atom. The van der Waals surface area contributed by atoms with Crippen molar-refractivity contribution in [1.29, 1.82) is 0 Å². The first-order valence-corrected chi connectivity index (χ1v) is 7.44. The van der Waals surface area contributed by atoms with Gasteiger partial charge in [-0.25, -0.2) is 9.97 Å². The van der Waals surface area contributed by atoms with Gasteiger partial charge in [0.25, 0.3) is 0 Å². The molecule has 0 aromatic carbocycles. The van der Waals surface area contributed by atoms with Gasteiger partial charge >= 0.3 is 0 Å². The second-order valence-corrected chi connectivity index (χ2v) is 5.37. The monoisotopic (exact) mass is 252 g/mol. The molecule has 1 saturated heterocycles. The topological polar surface area (TPSA) is 41.0 Å². The lowest BCUT2D eigenvalue weighted by atomic mass is 10.3. The lowest BCUT2D eigenvalue weighted by Gasteiger charge is -2.21. The van der Waals surface area contributed by atoms with E-state index in [1.165, 1.54) is 17.9 Å². The molecule has 94 valence electrons. The van der Waals surface area contributed by atoms with Gasteiger partial charge in [-0.2, -0.15) is 11.8 Å². The van der Waals surface area contributed by atoms with E-state index in [4.69, 9.17) is 0 Å². The first kappa shape index (κ1) is 12.5. The molecule has 1 aromatic heterocycles. The zero-order chi connectivity index (χ0) is 11.9. The first-order valence-electron chi connectivity index (χ1n) is 6.29. The van der Waals surface area contributed by atoms with Crippen LogP contribution in [-0.4, -0.2) is 41.1 Å². The third-order valence-corrected chi connectivity index (χ3v) is 3.80. The summed E-state index contributed by atoms with van der Waals surface area (Å²) >= 11 is 2.03. The maximum atomic E-state index is 4.38. The Hall–Kier alpha value is -0.970. The normalized spacial score (nSPS) is 16.6. The van der Waals surface area contributed by atoms with Crippen LogP contribution in [0.25, 0.3) is 0 Å². The van der Waals surface area contributed by atoms with Crippen LogP contribution in [0.4, 0.5) is 11.6 Å². The van der Waals surface area contributed by atoms with Crippen molar-refractivity contribution < 1.29 is 0 Å². The summed E-state index contributed by atoms with van der Waals surface area (Å²) in [4.78, 5) is 11.0. The largest absolute Gasteiger partial charge is 0.370 e. The molecule has 0 unspecified atom stereocenters. The van der Waals surface area contributed by atoms with Crippen molar-refractivity contribution in [2.45, 2.75) is 19.8 Å². The fourth-order valence-corrected chi connectivity index (χ4v) is 2.73. The predicted molar refractivity (Wildman–Crippen MR) is 75.0 cm³/mol. The highest BCUT2D eigenvalue weighted by Gasteiger charge is 2.11. The molecule has 0 spiro atoms. The highest BCUT2D eigenvalue weighted by Crippen LogP contribution is 2.18. The minimum Gasteiger partial charge on any atom is -0.370 e. The number of hydrogen-bond donors (Lipinski definition) is 1. The molecule has 2 rings (SSSR count). The summed E-state index contributed by atoms with van der Waals surface area (Å²) in [5, 5.41) is 3.31. The number of anilines is 2. The van der Waals surface area contributed by atoms with Crippen molar-refractivity contribution >= 4 is 23.4 Å². The Kier molecular flexibility index (Phi) is 4.91. The predicted octanol–water partition coefficient (Wildman–Crippen LogP) is 2.24. The molecule has 1 aliphatic rings. The molecule has 1 aromatic rings. The van der Waals surface area contributed by atoms with Crippen molar-refractivity contribution in [3.05, 3.63) is 12.4 Å². The Morgan fingerprint density at radius 1 is 1.35 bits per heavy atom. The van der Waals surface area contributed by atoms with Gasteiger partial charge in [0.15, 0.2) is 0 Å². The van der Waals surface area contributed by atoms with Gasteiger partial charge < -0.3 is 10.2 Å². The SMILES string of the molecule is CCCNc1cc(N2CCCSCC2)ncn1. The van der Waals surface area contributed by atoms with E-state index in [1.807, 2.05) is 11.8 Å². The summed E-state index contributed by atoms with van der Waals surface area (Å²) in [6.07, 6.45) is 4.01. The average molecular weight is 252 g/mol. The van der Waals surface area contributed by atoms with Gasteiger partial charge in [0.05, 0.1) is 0 Å². The molecular weight excluding hydrogens is 232 g/mol. The molecule has 5 heteroatoms. The van der Waals surface area contributed by atoms with Crippen LogP contribution in [0.5, 0.6) is 0 Å². The van der Waals surface area contributed by atoms with Crippen LogP contribution in [0, 0.1) is 0 Å². The lowest BCUT2D eigenvalue weighted by Crippen LogP contribution is -2.26. The van der Waals surface area contributed by atoms with Crippen molar-refractivity contribution in [3.8, 4) is 0 Å². The molecule has 0 amide bonds. The minimum atomic E-state index is 0.939. The van der Waals surface area contributed by atoms with Crippen molar-refractivity contribution in [1.82, 2.24) is 9.97 Å². The van der Waals surface area contributed by atoms with Crippen molar-refractivity contribution in [2.75, 3.05) is 41.4 Å². The Labute approximate surface area is 107 Å². The number of aromatic nitrogens is 2. The zero-order valence-corrected chi connectivity index (χ0v) is 11.2. The number of hydrogen-bond acceptors (Lipinski definition) is 5. The third-order valence-electron chi connectivity index (χ3n) is 2.76. The minimum absolute atomic E-state index is 0.939. The molecule has 1 fully saturated rings. The van der Waals surface area contributed by atoms with E-state index in [0.717, 1.165) is 37.7 Å². The smallest absolute Gasteiger partial charge is 0.134 e. The van der Waals surface area contributed by atoms with E-state index >= 15 is 0 Å². The van der Waals surface area contributed by atoms with Crippen LogP contribution in [0.15, 0.2) is 12.4 Å². The third kappa shape index (κ3) is 3.77. The summed E-state index contributed by atoms with van der Waals surface area (Å²) < 4.78 is 0. The second-order valence-electron chi connectivity index (χ2n) is 4.14. The molecule has 0 saturated carbocycles. The summed E-state index contributed by atoms with van der Waals surface area (Å²) in [5.41, 5.74) is 0. The second kappa shape index (κ2) is 6.69. The molecule has 0 bridgehead atoms. The number of thioether (sulfide) groups is 1. The number of nitrogens with zero attached hydrogens (tertiary/aromatic N) is 3. The van der Waals surface area contributed by atoms with Crippen LogP contribution < -0.4 is 10.2 Å². The Bertz CT molecular complexity index is 337. The van der Waals surface area contributed by atoms with Crippen LogP contribution in [0.1, 0.15) is 19.8 Å². The number of nitrogens with one attached hydrogen (secondary N) is 1. The standard InChI is InChI=1S/C12H20N4S/c1-2-4-13-11-9-12(15-10-14-11)16-5-3-7-17-8-6-16/h9-10H,2-8H2,1H3,(H,13,14,15). The Balaban J connectivity index is 2.03. The van der Waals surface area contributed by atoms with Gasteiger partial charge in [0.1, 0.15) is 18.0 Å². The van der Waals surface area contributed by atoms with Crippen LogP contribution >= 0.6 is 11.8 Å². The fourth-order valence-electron chi connectivity index (χ4n) is 1.84. The van der Waals surface area contributed by atoms with Gasteiger partial charge in [0, 0.05) is 31.5 Å². The van der Waals surface area contributed by atoms with E-state index < -0.39 is 0 Å². The first-order chi connectivity index (χ1) is 8.40. The van der Waals surface area contributed by atoms with E-state index in [1.54, 1.807) is 6.33 Å². The number of rotatable bonds is 4. The van der Waals surface area contributed by atoms with Gasteiger partial charge in [-0.3, -0.25) is 0 Å². The van der Waals surface area contributed by atoms with Gasteiger partial charge in [-0.15, -0.1) is 0 Å². The van der Waals surface area contributed by atoms with E-state index in [9.17, 15) is 0 Å².